The molecule has 0 atom stereocenters. The molecule has 0 radical (unpaired) electrons. The molecule has 8 heteroatoms. The molecule has 1 N–H and O–H groups in total. The Hall–Kier alpha value is -3.94. The molecule has 4 aromatic rings. The fourth-order valence-electron chi connectivity index (χ4n) is 3.02. The summed E-state index contributed by atoms with van der Waals surface area (Å²) < 4.78 is 39.6. The van der Waals surface area contributed by atoms with Crippen LogP contribution in [0.2, 0.25) is 0 Å². The van der Waals surface area contributed by atoms with Crippen molar-refractivity contribution < 1.29 is 23.1 Å². The third-order valence-electron chi connectivity index (χ3n) is 4.54. The molecule has 0 fully saturated rings. The summed E-state index contributed by atoms with van der Waals surface area (Å²) in [5.41, 5.74) is 2.22. The third kappa shape index (κ3) is 3.93. The van der Waals surface area contributed by atoms with Gasteiger partial charge >= 0.3 is 12.1 Å². The lowest BCUT2D eigenvalue weighted by Gasteiger charge is -2.07. The molecule has 0 aliphatic heterocycles. The highest BCUT2D eigenvalue weighted by Gasteiger charge is 2.30. The number of aromatic nitrogens is 3. The molecule has 3 aromatic carbocycles. The van der Waals surface area contributed by atoms with Crippen LogP contribution in [0.25, 0.3) is 28.1 Å². The fraction of sp³-hybridized carbons (Fsp3) is 0.0455. The van der Waals surface area contributed by atoms with E-state index in [1.54, 1.807) is 18.3 Å². The van der Waals surface area contributed by atoms with Gasteiger partial charge in [0.15, 0.2) is 0 Å². The molecule has 1 heterocycles. The van der Waals surface area contributed by atoms with Crippen LogP contribution in [-0.4, -0.2) is 26.1 Å². The lowest BCUT2D eigenvalue weighted by atomic mass is 9.98. The van der Waals surface area contributed by atoms with Crippen molar-refractivity contribution in [2.24, 2.45) is 0 Å². The van der Waals surface area contributed by atoms with E-state index in [4.69, 9.17) is 0 Å². The average Bonchev–Trinajstić information content (AvgIpc) is 3.24. The maximum atomic E-state index is 12.7. The molecule has 0 bridgehead atoms. The molecular weight excluding hydrogens is 395 g/mol. The normalized spacial score (nSPS) is 11.4. The van der Waals surface area contributed by atoms with Crippen LogP contribution >= 0.6 is 0 Å². The number of benzene rings is 3. The van der Waals surface area contributed by atoms with Crippen LogP contribution in [0.3, 0.4) is 0 Å². The van der Waals surface area contributed by atoms with E-state index in [2.05, 4.69) is 10.3 Å². The van der Waals surface area contributed by atoms with E-state index in [0.29, 0.717) is 22.5 Å². The highest BCUT2D eigenvalue weighted by atomic mass is 19.4. The SMILES string of the molecule is O=C(O)c1cc(-c2ccccc2)cc(-c2cn(-c3ccc(C(F)(F)F)cc3)nn2)c1. The number of aromatic carboxylic acids is 1. The lowest BCUT2D eigenvalue weighted by molar-refractivity contribution is -0.137. The zero-order chi connectivity index (χ0) is 21.3. The molecule has 5 nitrogen and oxygen atoms in total. The molecule has 0 spiro atoms. The first kappa shape index (κ1) is 19.4. The van der Waals surface area contributed by atoms with E-state index in [-0.39, 0.29) is 5.56 Å². The first-order valence-electron chi connectivity index (χ1n) is 8.85. The number of carboxylic acids is 1. The van der Waals surface area contributed by atoms with Crippen molar-refractivity contribution >= 4 is 5.97 Å². The number of halogens is 3. The Bertz CT molecular complexity index is 1200. The molecule has 30 heavy (non-hydrogen) atoms. The monoisotopic (exact) mass is 409 g/mol. The summed E-state index contributed by atoms with van der Waals surface area (Å²) in [5, 5.41) is 17.5. The number of rotatable bonds is 4. The summed E-state index contributed by atoms with van der Waals surface area (Å²) in [6.07, 6.45) is -2.88. The van der Waals surface area contributed by atoms with Gasteiger partial charge in [-0.1, -0.05) is 35.5 Å². The number of nitrogens with zero attached hydrogens (tertiary/aromatic N) is 3. The topological polar surface area (TPSA) is 68.0 Å². The van der Waals surface area contributed by atoms with Gasteiger partial charge in [-0.05, 0) is 53.6 Å². The first-order chi connectivity index (χ1) is 14.3. The average molecular weight is 409 g/mol. The van der Waals surface area contributed by atoms with Gasteiger partial charge in [-0.2, -0.15) is 13.2 Å². The second kappa shape index (κ2) is 7.47. The number of carbonyl (C=O) groups is 1. The van der Waals surface area contributed by atoms with Gasteiger partial charge in [0, 0.05) is 5.56 Å². The summed E-state index contributed by atoms with van der Waals surface area (Å²) in [4.78, 5) is 11.6. The molecule has 0 aliphatic carbocycles. The Morgan fingerprint density at radius 2 is 1.53 bits per heavy atom. The third-order valence-corrected chi connectivity index (χ3v) is 4.54. The minimum absolute atomic E-state index is 0.0930. The lowest BCUT2D eigenvalue weighted by Crippen LogP contribution is -2.05. The van der Waals surface area contributed by atoms with Crippen molar-refractivity contribution in [3.63, 3.8) is 0 Å². The molecule has 0 saturated carbocycles. The van der Waals surface area contributed by atoms with Gasteiger partial charge < -0.3 is 5.11 Å². The van der Waals surface area contributed by atoms with Crippen molar-refractivity contribution in [2.75, 3.05) is 0 Å². The van der Waals surface area contributed by atoms with Gasteiger partial charge in [0.25, 0.3) is 0 Å². The molecule has 4 rings (SSSR count). The van der Waals surface area contributed by atoms with Gasteiger partial charge in [-0.3, -0.25) is 0 Å². The van der Waals surface area contributed by atoms with Crippen LogP contribution in [0.4, 0.5) is 13.2 Å². The fourth-order valence-corrected chi connectivity index (χ4v) is 3.02. The predicted octanol–water partition coefficient (Wildman–Crippen LogP) is 5.32. The quantitative estimate of drug-likeness (QED) is 0.496. The van der Waals surface area contributed by atoms with Crippen LogP contribution in [-0.2, 0) is 6.18 Å². The summed E-state index contributed by atoms with van der Waals surface area (Å²) in [5.74, 6) is -1.08. The smallest absolute Gasteiger partial charge is 0.416 e. The largest absolute Gasteiger partial charge is 0.478 e. The second-order valence-corrected chi connectivity index (χ2v) is 6.56. The maximum absolute atomic E-state index is 12.7. The number of alkyl halides is 3. The molecule has 0 unspecified atom stereocenters. The van der Waals surface area contributed by atoms with Crippen molar-refractivity contribution in [1.29, 1.82) is 0 Å². The van der Waals surface area contributed by atoms with Gasteiger partial charge in [0.2, 0.25) is 0 Å². The number of hydrogen-bond donors (Lipinski definition) is 1. The minimum Gasteiger partial charge on any atom is -0.478 e. The zero-order valence-corrected chi connectivity index (χ0v) is 15.3. The van der Waals surface area contributed by atoms with Gasteiger partial charge in [0.1, 0.15) is 5.69 Å². The van der Waals surface area contributed by atoms with E-state index >= 15 is 0 Å². The van der Waals surface area contributed by atoms with Crippen molar-refractivity contribution in [1.82, 2.24) is 15.0 Å². The molecule has 0 amide bonds. The number of carboxylic acid groups (broad SMARTS) is 1. The van der Waals surface area contributed by atoms with Gasteiger partial charge in [0.05, 0.1) is 23.0 Å². The van der Waals surface area contributed by atoms with Gasteiger partial charge in [-0.25, -0.2) is 9.48 Å². The molecule has 150 valence electrons. The van der Waals surface area contributed by atoms with Crippen LogP contribution in [0.5, 0.6) is 0 Å². The Kier molecular flexibility index (Phi) is 4.83. The summed E-state index contributed by atoms with van der Waals surface area (Å²) in [6, 6.07) is 18.7. The minimum atomic E-state index is -4.42. The number of hydrogen-bond acceptors (Lipinski definition) is 3. The van der Waals surface area contributed by atoms with Crippen molar-refractivity contribution in [3.05, 3.63) is 90.1 Å². The van der Waals surface area contributed by atoms with Crippen LogP contribution in [0, 0.1) is 0 Å². The van der Waals surface area contributed by atoms with E-state index in [9.17, 15) is 23.1 Å². The summed E-state index contributed by atoms with van der Waals surface area (Å²) in [6.45, 7) is 0. The van der Waals surface area contributed by atoms with Crippen LogP contribution < -0.4 is 0 Å². The summed E-state index contributed by atoms with van der Waals surface area (Å²) >= 11 is 0. The van der Waals surface area contributed by atoms with Crippen LogP contribution in [0.15, 0.2) is 79.0 Å². The molecule has 0 aliphatic rings. The van der Waals surface area contributed by atoms with Crippen molar-refractivity contribution in [3.8, 4) is 28.1 Å². The van der Waals surface area contributed by atoms with E-state index in [1.165, 1.54) is 22.9 Å². The summed E-state index contributed by atoms with van der Waals surface area (Å²) in [7, 11) is 0. The van der Waals surface area contributed by atoms with E-state index < -0.39 is 17.7 Å². The predicted molar refractivity (Wildman–Crippen MR) is 104 cm³/mol. The Labute approximate surface area is 169 Å². The molecular formula is C22H14F3N3O2. The Morgan fingerprint density at radius 3 is 2.17 bits per heavy atom. The standard InChI is InChI=1S/C22H14F3N3O2/c23-22(24,25)18-6-8-19(9-7-18)28-13-20(26-27-28)16-10-15(11-17(12-16)21(29)30)14-4-2-1-3-5-14/h1-13H,(H,29,30). The van der Waals surface area contributed by atoms with Crippen molar-refractivity contribution in [2.45, 2.75) is 6.18 Å². The molecule has 1 aromatic heterocycles. The van der Waals surface area contributed by atoms with E-state index in [0.717, 1.165) is 17.7 Å². The Morgan fingerprint density at radius 1 is 0.867 bits per heavy atom. The first-order valence-corrected chi connectivity index (χ1v) is 8.85. The molecule has 0 saturated heterocycles. The second-order valence-electron chi connectivity index (χ2n) is 6.56. The van der Waals surface area contributed by atoms with E-state index in [1.807, 2.05) is 30.3 Å². The highest BCUT2D eigenvalue weighted by Crippen LogP contribution is 2.30. The zero-order valence-electron chi connectivity index (χ0n) is 15.3. The maximum Gasteiger partial charge on any atom is 0.416 e. The Balaban J connectivity index is 1.72. The van der Waals surface area contributed by atoms with Gasteiger partial charge in [-0.15, -0.1) is 5.10 Å². The highest BCUT2D eigenvalue weighted by molar-refractivity contribution is 5.91. The van der Waals surface area contributed by atoms with Crippen LogP contribution in [0.1, 0.15) is 15.9 Å².